The summed E-state index contributed by atoms with van der Waals surface area (Å²) in [6.07, 6.45) is 0.863. The molecule has 0 aliphatic carbocycles. The Bertz CT molecular complexity index is 513. The second-order valence-corrected chi connectivity index (χ2v) is 4.86. The fraction of sp³-hybridized carbons (Fsp3) is 0.250. The molecular formula is C12H13ClN2OS. The third-order valence-electron chi connectivity index (χ3n) is 2.40. The molecule has 0 saturated heterocycles. The van der Waals surface area contributed by atoms with Gasteiger partial charge in [0.25, 0.3) is 0 Å². The minimum atomic E-state index is 0.596. The molecule has 2 rings (SSSR count). The zero-order chi connectivity index (χ0) is 12.3. The number of benzene rings is 1. The Morgan fingerprint density at radius 1 is 1.41 bits per heavy atom. The van der Waals surface area contributed by atoms with Gasteiger partial charge in [-0.2, -0.15) is 4.37 Å². The second-order valence-electron chi connectivity index (χ2n) is 3.57. The van der Waals surface area contributed by atoms with Crippen molar-refractivity contribution in [2.24, 2.45) is 5.73 Å². The maximum atomic E-state index is 6.08. The van der Waals surface area contributed by atoms with Crippen LogP contribution in [0.15, 0.2) is 24.3 Å². The van der Waals surface area contributed by atoms with Gasteiger partial charge in [-0.05, 0) is 48.8 Å². The van der Waals surface area contributed by atoms with E-state index < -0.39 is 0 Å². The molecule has 2 aromatic rings. The fourth-order valence-corrected chi connectivity index (χ4v) is 2.54. The first kappa shape index (κ1) is 12.4. The molecular weight excluding hydrogens is 256 g/mol. The zero-order valence-electron chi connectivity index (χ0n) is 9.44. The van der Waals surface area contributed by atoms with Gasteiger partial charge in [0.1, 0.15) is 5.75 Å². The van der Waals surface area contributed by atoms with Gasteiger partial charge >= 0.3 is 0 Å². The van der Waals surface area contributed by atoms with Gasteiger partial charge < -0.3 is 10.5 Å². The Balaban J connectivity index is 2.29. The summed E-state index contributed by atoms with van der Waals surface area (Å²) in [6.45, 7) is 0.644. The maximum Gasteiger partial charge on any atom is 0.137 e. The highest BCUT2D eigenvalue weighted by Crippen LogP contribution is 2.30. The van der Waals surface area contributed by atoms with E-state index in [9.17, 15) is 0 Å². The van der Waals surface area contributed by atoms with Crippen LogP contribution in [0, 0.1) is 0 Å². The van der Waals surface area contributed by atoms with E-state index in [-0.39, 0.29) is 0 Å². The lowest BCUT2D eigenvalue weighted by Gasteiger charge is -2.03. The molecule has 1 heterocycles. The summed E-state index contributed by atoms with van der Waals surface area (Å²) in [6, 6.07) is 7.71. The highest BCUT2D eigenvalue weighted by Gasteiger charge is 2.07. The molecule has 0 amide bonds. The number of halogens is 1. The van der Waals surface area contributed by atoms with E-state index in [2.05, 4.69) is 10.4 Å². The van der Waals surface area contributed by atoms with Gasteiger partial charge in [-0.25, -0.2) is 0 Å². The summed E-state index contributed by atoms with van der Waals surface area (Å²) >= 11 is 7.56. The molecule has 1 aromatic heterocycles. The van der Waals surface area contributed by atoms with Crippen molar-refractivity contribution in [1.82, 2.24) is 4.37 Å². The van der Waals surface area contributed by atoms with E-state index in [0.29, 0.717) is 17.3 Å². The first-order chi connectivity index (χ1) is 8.24. The molecule has 0 saturated carbocycles. The number of aromatic nitrogens is 1. The molecule has 5 heteroatoms. The number of rotatable bonds is 4. The van der Waals surface area contributed by atoms with Crippen LogP contribution in [0.2, 0.25) is 5.02 Å². The summed E-state index contributed by atoms with van der Waals surface area (Å²) in [5, 5.41) is 0.596. The van der Waals surface area contributed by atoms with E-state index in [1.54, 1.807) is 7.11 Å². The van der Waals surface area contributed by atoms with Crippen LogP contribution >= 0.6 is 23.1 Å². The molecule has 0 unspecified atom stereocenters. The van der Waals surface area contributed by atoms with Crippen LogP contribution in [-0.2, 0) is 6.42 Å². The molecule has 3 nitrogen and oxygen atoms in total. The van der Waals surface area contributed by atoms with Crippen molar-refractivity contribution < 1.29 is 4.74 Å². The Labute approximate surface area is 109 Å². The predicted octanol–water partition coefficient (Wildman–Crippen LogP) is 2.97. The lowest BCUT2D eigenvalue weighted by molar-refractivity contribution is 0.415. The number of hydrogen-bond acceptors (Lipinski definition) is 4. The first-order valence-electron chi connectivity index (χ1n) is 5.24. The first-order valence-corrected chi connectivity index (χ1v) is 6.39. The van der Waals surface area contributed by atoms with Crippen molar-refractivity contribution in [2.45, 2.75) is 6.42 Å². The SMILES string of the molecule is COc1ccc(-c2cc(CCN)sn2)cc1Cl. The standard InChI is InChI=1S/C12H13ClN2OS/c1-16-12-3-2-8(6-10(12)13)11-7-9(4-5-14)17-15-11/h2-3,6-7H,4-5,14H2,1H3. The normalized spacial score (nSPS) is 10.5. The average molecular weight is 269 g/mol. The van der Waals surface area contributed by atoms with Crippen molar-refractivity contribution in [3.8, 4) is 17.0 Å². The lowest BCUT2D eigenvalue weighted by atomic mass is 10.1. The van der Waals surface area contributed by atoms with Gasteiger partial charge in [-0.15, -0.1) is 0 Å². The predicted molar refractivity (Wildman–Crippen MR) is 71.9 cm³/mol. The number of nitrogens with zero attached hydrogens (tertiary/aromatic N) is 1. The van der Waals surface area contributed by atoms with Crippen molar-refractivity contribution in [3.63, 3.8) is 0 Å². The van der Waals surface area contributed by atoms with E-state index in [1.807, 2.05) is 18.2 Å². The topological polar surface area (TPSA) is 48.1 Å². The number of ether oxygens (including phenoxy) is 1. The quantitative estimate of drug-likeness (QED) is 0.927. The Kier molecular flexibility index (Phi) is 3.99. The minimum Gasteiger partial charge on any atom is -0.495 e. The van der Waals surface area contributed by atoms with Crippen LogP contribution in [-0.4, -0.2) is 18.0 Å². The smallest absolute Gasteiger partial charge is 0.137 e. The lowest BCUT2D eigenvalue weighted by Crippen LogP contribution is -2.00. The minimum absolute atomic E-state index is 0.596. The zero-order valence-corrected chi connectivity index (χ0v) is 11.0. The largest absolute Gasteiger partial charge is 0.495 e. The van der Waals surface area contributed by atoms with E-state index >= 15 is 0 Å². The molecule has 90 valence electrons. The third kappa shape index (κ3) is 2.77. The van der Waals surface area contributed by atoms with Crippen molar-refractivity contribution in [2.75, 3.05) is 13.7 Å². The molecule has 0 atom stereocenters. The van der Waals surface area contributed by atoms with E-state index in [4.69, 9.17) is 22.1 Å². The van der Waals surface area contributed by atoms with E-state index in [1.165, 1.54) is 16.4 Å². The Morgan fingerprint density at radius 3 is 2.88 bits per heavy atom. The van der Waals surface area contributed by atoms with Crippen molar-refractivity contribution in [1.29, 1.82) is 0 Å². The van der Waals surface area contributed by atoms with Crippen LogP contribution in [0.4, 0.5) is 0 Å². The van der Waals surface area contributed by atoms with Crippen molar-refractivity contribution >= 4 is 23.1 Å². The Morgan fingerprint density at radius 2 is 2.24 bits per heavy atom. The highest BCUT2D eigenvalue weighted by atomic mass is 35.5. The molecule has 17 heavy (non-hydrogen) atoms. The second kappa shape index (κ2) is 5.49. The number of methoxy groups -OCH3 is 1. The summed E-state index contributed by atoms with van der Waals surface area (Å²) < 4.78 is 9.50. The summed E-state index contributed by atoms with van der Waals surface area (Å²) in [5.41, 5.74) is 7.44. The molecule has 0 bridgehead atoms. The van der Waals surface area contributed by atoms with E-state index in [0.717, 1.165) is 17.7 Å². The van der Waals surface area contributed by atoms with Crippen molar-refractivity contribution in [3.05, 3.63) is 34.2 Å². The van der Waals surface area contributed by atoms with Gasteiger partial charge in [0.15, 0.2) is 0 Å². The number of hydrogen-bond donors (Lipinski definition) is 1. The van der Waals surface area contributed by atoms with Crippen LogP contribution in [0.1, 0.15) is 4.88 Å². The van der Waals surface area contributed by atoms with Crippen LogP contribution in [0.5, 0.6) is 5.75 Å². The molecule has 0 fully saturated rings. The third-order valence-corrected chi connectivity index (χ3v) is 3.54. The van der Waals surface area contributed by atoms with Gasteiger partial charge in [-0.1, -0.05) is 11.6 Å². The fourth-order valence-electron chi connectivity index (χ4n) is 1.53. The molecule has 0 spiro atoms. The number of nitrogens with two attached hydrogens (primary N) is 1. The van der Waals surface area contributed by atoms with Crippen LogP contribution in [0.25, 0.3) is 11.3 Å². The molecule has 2 N–H and O–H groups in total. The Hall–Kier alpha value is -1.10. The van der Waals surface area contributed by atoms with Gasteiger partial charge in [0.05, 0.1) is 17.8 Å². The molecule has 0 aliphatic heterocycles. The summed E-state index contributed by atoms with van der Waals surface area (Å²) in [4.78, 5) is 1.19. The van der Waals surface area contributed by atoms with Gasteiger partial charge in [-0.3, -0.25) is 0 Å². The average Bonchev–Trinajstić information content (AvgIpc) is 2.78. The van der Waals surface area contributed by atoms with Crippen LogP contribution < -0.4 is 10.5 Å². The van der Waals surface area contributed by atoms with Gasteiger partial charge in [0, 0.05) is 10.4 Å². The molecule has 1 aromatic carbocycles. The van der Waals surface area contributed by atoms with Crippen LogP contribution in [0.3, 0.4) is 0 Å². The van der Waals surface area contributed by atoms with Gasteiger partial charge in [0.2, 0.25) is 0 Å². The molecule has 0 aliphatic rings. The monoisotopic (exact) mass is 268 g/mol. The summed E-state index contributed by atoms with van der Waals surface area (Å²) in [7, 11) is 1.60. The maximum absolute atomic E-state index is 6.08. The summed E-state index contributed by atoms with van der Waals surface area (Å²) in [5.74, 6) is 0.674. The molecule has 0 radical (unpaired) electrons. The highest BCUT2D eigenvalue weighted by molar-refractivity contribution is 7.06.